The van der Waals surface area contributed by atoms with E-state index in [1.54, 1.807) is 20.8 Å². The van der Waals surface area contributed by atoms with E-state index in [2.05, 4.69) is 21.3 Å². The summed E-state index contributed by atoms with van der Waals surface area (Å²) < 4.78 is 11.2. The van der Waals surface area contributed by atoms with Crippen LogP contribution in [0.4, 0.5) is 4.79 Å². The van der Waals surface area contributed by atoms with E-state index in [9.17, 15) is 38.7 Å². The van der Waals surface area contributed by atoms with Crippen molar-refractivity contribution >= 4 is 41.4 Å². The second-order valence-electron chi connectivity index (χ2n) is 15.3. The summed E-state index contributed by atoms with van der Waals surface area (Å²) in [5.74, 6) is -8.35. The number of carbonyl (C=O) groups is 7. The fraction of sp³-hybridized carbons (Fsp3) is 0.513. The van der Waals surface area contributed by atoms with Crippen LogP contribution in [0.15, 0.2) is 48.5 Å². The molecule has 0 aromatic heterocycles. The molecule has 54 heavy (non-hydrogen) atoms. The number of carbonyl (C=O) groups excluding carboxylic acids is 7. The molecular weight excluding hydrogens is 698 g/mol. The Kier molecular flexibility index (Phi) is 13.4. The number of primary amides is 1. The lowest BCUT2D eigenvalue weighted by Crippen LogP contribution is -2.62. The van der Waals surface area contributed by atoms with E-state index in [4.69, 9.17) is 15.2 Å². The topological polar surface area (TPSA) is 232 Å². The lowest BCUT2D eigenvalue weighted by atomic mass is 9.86. The molecule has 15 heteroatoms. The smallest absolute Gasteiger partial charge is 0.407 e. The molecule has 15 nitrogen and oxygen atoms in total. The first kappa shape index (κ1) is 41.6. The van der Waals surface area contributed by atoms with Gasteiger partial charge in [0.2, 0.25) is 11.8 Å². The van der Waals surface area contributed by atoms with Gasteiger partial charge in [0.1, 0.15) is 18.1 Å². The largest absolute Gasteiger partial charge is 0.459 e. The number of aliphatic hydroxyl groups excluding tert-OH is 1. The van der Waals surface area contributed by atoms with Crippen molar-refractivity contribution in [2.75, 3.05) is 6.61 Å². The number of aliphatic hydroxyl groups is 1. The van der Waals surface area contributed by atoms with Gasteiger partial charge in [-0.2, -0.15) is 0 Å². The van der Waals surface area contributed by atoms with Crippen molar-refractivity contribution in [2.45, 2.75) is 109 Å². The lowest BCUT2D eigenvalue weighted by molar-refractivity contribution is -0.164. The van der Waals surface area contributed by atoms with Crippen LogP contribution in [0.2, 0.25) is 0 Å². The molecule has 1 aliphatic carbocycles. The third kappa shape index (κ3) is 10.1. The van der Waals surface area contributed by atoms with Crippen molar-refractivity contribution in [3.8, 4) is 11.1 Å². The molecule has 2 aromatic carbocycles. The minimum Gasteiger partial charge on any atom is -0.459 e. The van der Waals surface area contributed by atoms with Crippen molar-refractivity contribution in [3.05, 3.63) is 59.7 Å². The van der Waals surface area contributed by atoms with Crippen LogP contribution >= 0.6 is 0 Å². The first-order chi connectivity index (χ1) is 25.3. The molecule has 0 radical (unpaired) electrons. The normalized spacial score (nSPS) is 23.1. The van der Waals surface area contributed by atoms with E-state index >= 15 is 0 Å². The third-order valence-electron chi connectivity index (χ3n) is 9.35. The molecule has 7 atom stereocenters. The van der Waals surface area contributed by atoms with Crippen LogP contribution in [-0.4, -0.2) is 95.0 Å². The van der Waals surface area contributed by atoms with Gasteiger partial charge in [-0.25, -0.2) is 4.79 Å². The van der Waals surface area contributed by atoms with Gasteiger partial charge in [-0.05, 0) is 69.2 Å². The highest BCUT2D eigenvalue weighted by molar-refractivity contribution is 6.09. The first-order valence-electron chi connectivity index (χ1n) is 18.0. The Morgan fingerprint density at radius 3 is 2.00 bits per heavy atom. The van der Waals surface area contributed by atoms with E-state index in [0.717, 1.165) is 22.3 Å². The number of amides is 4. The van der Waals surface area contributed by atoms with E-state index in [-0.39, 0.29) is 24.9 Å². The standard InChI is InChI=1S/C39H51N5O10/c1-19(2)16-28-35(49)43-27(17-29(40)45)33(47)34(48)36(50)44-31(20(3)41-28)30(37(51)54-39(5,6)7)32(46)21(4)42-38(52)53-18-26-24-14-10-8-12-22(24)23-13-9-11-15-25(23)26/h8-15,19-21,26-28,30-31,34,41,48H,16-18H2,1-7H3,(H2,40,45)(H,42,52)(H,43,49)(H,44,50)/t20?,21-,27-,28-,30?,31?,34?/m0/s1. The van der Waals surface area contributed by atoms with Crippen LogP contribution in [0.5, 0.6) is 0 Å². The van der Waals surface area contributed by atoms with Crippen LogP contribution in [0, 0.1) is 11.8 Å². The van der Waals surface area contributed by atoms with Gasteiger partial charge in [0.05, 0.1) is 30.6 Å². The quantitative estimate of drug-likeness (QED) is 0.143. The second kappa shape index (κ2) is 17.3. The summed E-state index contributed by atoms with van der Waals surface area (Å²) >= 11 is 0. The Balaban J connectivity index is 1.63. The summed E-state index contributed by atoms with van der Waals surface area (Å²) in [5.41, 5.74) is 8.22. The van der Waals surface area contributed by atoms with E-state index in [0.29, 0.717) is 0 Å². The predicted octanol–water partition coefficient (Wildman–Crippen LogP) is 1.62. The number of ketones is 2. The van der Waals surface area contributed by atoms with Crippen LogP contribution in [-0.2, 0) is 38.2 Å². The van der Waals surface area contributed by atoms with Gasteiger partial charge in [0.25, 0.3) is 5.91 Å². The molecule has 2 aliphatic rings. The zero-order valence-corrected chi connectivity index (χ0v) is 31.6. The van der Waals surface area contributed by atoms with Crippen LogP contribution in [0.1, 0.15) is 78.4 Å². The molecule has 1 heterocycles. The fourth-order valence-electron chi connectivity index (χ4n) is 6.86. The minimum absolute atomic E-state index is 0.0438. The third-order valence-corrected chi connectivity index (χ3v) is 9.35. The van der Waals surface area contributed by atoms with Gasteiger partial charge in [-0.1, -0.05) is 62.4 Å². The summed E-state index contributed by atoms with van der Waals surface area (Å²) in [6.07, 6.45) is -3.85. The van der Waals surface area contributed by atoms with Gasteiger partial charge in [-0.3, -0.25) is 28.8 Å². The monoisotopic (exact) mass is 749 g/mol. The number of esters is 1. The summed E-state index contributed by atoms with van der Waals surface area (Å²) in [6, 6.07) is 8.92. The number of nitrogens with two attached hydrogens (primary N) is 1. The number of ether oxygens (including phenoxy) is 2. The average molecular weight is 750 g/mol. The van der Waals surface area contributed by atoms with Crippen molar-refractivity contribution in [1.82, 2.24) is 21.3 Å². The highest BCUT2D eigenvalue weighted by atomic mass is 16.6. The summed E-state index contributed by atoms with van der Waals surface area (Å²) in [6.45, 7) is 11.2. The Morgan fingerprint density at radius 2 is 1.46 bits per heavy atom. The molecule has 4 rings (SSSR count). The van der Waals surface area contributed by atoms with Crippen molar-refractivity contribution in [2.24, 2.45) is 17.6 Å². The summed E-state index contributed by atoms with van der Waals surface area (Å²) in [4.78, 5) is 93.4. The van der Waals surface area contributed by atoms with Crippen LogP contribution in [0.3, 0.4) is 0 Å². The van der Waals surface area contributed by atoms with Gasteiger partial charge in [-0.15, -0.1) is 0 Å². The van der Waals surface area contributed by atoms with Gasteiger partial charge < -0.3 is 41.6 Å². The maximum absolute atomic E-state index is 14.3. The van der Waals surface area contributed by atoms with Crippen molar-refractivity contribution < 1.29 is 48.1 Å². The second-order valence-corrected chi connectivity index (χ2v) is 15.3. The number of hydrogen-bond donors (Lipinski definition) is 6. The molecule has 4 unspecified atom stereocenters. The van der Waals surface area contributed by atoms with Gasteiger partial charge in [0, 0.05) is 12.0 Å². The Labute approximate surface area is 314 Å². The highest BCUT2D eigenvalue weighted by Crippen LogP contribution is 2.44. The van der Waals surface area contributed by atoms with Crippen LogP contribution < -0.4 is 27.0 Å². The number of Topliss-reactive ketones (excluding diaryl/α,β-unsaturated/α-hetero) is 2. The molecule has 0 saturated carbocycles. The van der Waals surface area contributed by atoms with Crippen LogP contribution in [0.25, 0.3) is 11.1 Å². The molecule has 1 saturated heterocycles. The first-order valence-corrected chi connectivity index (χ1v) is 18.0. The molecule has 1 aliphatic heterocycles. The maximum Gasteiger partial charge on any atom is 0.407 e. The number of fused-ring (bicyclic) bond motifs is 3. The SMILES string of the molecule is CC(C)C[C@@H]1NC(C)C(C(C(=O)OC(C)(C)C)C(=O)[C@H](C)NC(=O)OCC2c3ccccc3-c3ccccc32)NC(=O)C(O)C(=O)[C@H](CC(N)=O)NC1=O. The maximum atomic E-state index is 14.3. The predicted molar refractivity (Wildman–Crippen MR) is 197 cm³/mol. The Morgan fingerprint density at radius 1 is 0.889 bits per heavy atom. The Bertz CT molecular complexity index is 1730. The molecule has 7 N–H and O–H groups in total. The molecule has 2 aromatic rings. The van der Waals surface area contributed by atoms with Gasteiger partial charge >= 0.3 is 12.1 Å². The number of hydrogen-bond acceptors (Lipinski definition) is 11. The fourth-order valence-corrected chi connectivity index (χ4v) is 6.86. The van der Waals surface area contributed by atoms with E-state index < -0.39 is 95.6 Å². The number of benzene rings is 2. The highest BCUT2D eigenvalue weighted by Gasteiger charge is 2.46. The molecular formula is C39H51N5O10. The molecule has 0 spiro atoms. The average Bonchev–Trinajstić information content (AvgIpc) is 3.40. The van der Waals surface area contributed by atoms with E-state index in [1.165, 1.54) is 13.8 Å². The summed E-state index contributed by atoms with van der Waals surface area (Å²) in [5, 5.41) is 21.3. The molecule has 292 valence electrons. The van der Waals surface area contributed by atoms with Crippen molar-refractivity contribution in [1.29, 1.82) is 0 Å². The Hall–Kier alpha value is -5.15. The van der Waals surface area contributed by atoms with Gasteiger partial charge in [0.15, 0.2) is 17.7 Å². The minimum atomic E-state index is -2.42. The zero-order valence-electron chi connectivity index (χ0n) is 31.6. The number of nitrogens with one attached hydrogen (secondary N) is 4. The van der Waals surface area contributed by atoms with E-state index in [1.807, 2.05) is 62.4 Å². The summed E-state index contributed by atoms with van der Waals surface area (Å²) in [7, 11) is 0. The zero-order chi connectivity index (χ0) is 40.1. The number of alkyl carbamates (subject to hydrolysis) is 1. The molecule has 0 bridgehead atoms. The molecule has 1 fully saturated rings. The van der Waals surface area contributed by atoms with Crippen molar-refractivity contribution in [3.63, 3.8) is 0 Å². The number of rotatable bonds is 11. The lowest BCUT2D eigenvalue weighted by Gasteiger charge is -2.35. The molecule has 4 amide bonds.